The van der Waals surface area contributed by atoms with Crippen LogP contribution >= 0.6 is 0 Å². The Bertz CT molecular complexity index is 1120. The van der Waals surface area contributed by atoms with Crippen molar-refractivity contribution in [2.45, 2.75) is 9.79 Å². The van der Waals surface area contributed by atoms with Crippen molar-refractivity contribution in [2.75, 3.05) is 38.2 Å². The summed E-state index contributed by atoms with van der Waals surface area (Å²) in [5, 5.41) is 14.4. The van der Waals surface area contributed by atoms with Crippen molar-refractivity contribution in [3.05, 3.63) is 54.6 Å². The maximum absolute atomic E-state index is 13.4. The van der Waals surface area contributed by atoms with Crippen LogP contribution in [0.3, 0.4) is 0 Å². The molecule has 0 unspecified atom stereocenters. The molecule has 1 heterocycles. The molecule has 0 aromatic heterocycles. The molecule has 0 bridgehead atoms. The Labute approximate surface area is 164 Å². The van der Waals surface area contributed by atoms with Crippen LogP contribution < -0.4 is 15.0 Å². The number of piperazine rings is 1. The van der Waals surface area contributed by atoms with Gasteiger partial charge in [-0.05, 0) is 30.3 Å². The minimum absolute atomic E-state index is 0.0609. The molecule has 4 rings (SSSR count). The number of anilines is 1. The monoisotopic (exact) mass is 398 g/mol. The summed E-state index contributed by atoms with van der Waals surface area (Å²) in [7, 11) is -2.19. The first-order valence-corrected chi connectivity index (χ1v) is 10.6. The topological polar surface area (TPSA) is 78.9 Å². The predicted octanol–water partition coefficient (Wildman–Crippen LogP) is 2.80. The number of aromatic hydroxyl groups is 1. The lowest BCUT2D eigenvalue weighted by Gasteiger charge is -2.30. The molecule has 28 heavy (non-hydrogen) atoms. The molecule has 0 spiro atoms. The van der Waals surface area contributed by atoms with Gasteiger partial charge in [0.05, 0.1) is 22.6 Å². The molecule has 0 aliphatic carbocycles. The number of nitrogens with zero attached hydrogens (tertiary/aromatic N) is 1. The molecule has 0 saturated carbocycles. The minimum Gasteiger partial charge on any atom is -0.507 e. The van der Waals surface area contributed by atoms with Crippen molar-refractivity contribution in [2.24, 2.45) is 0 Å². The lowest BCUT2D eigenvalue weighted by atomic mass is 10.1. The van der Waals surface area contributed by atoms with Gasteiger partial charge in [-0.3, -0.25) is 0 Å². The summed E-state index contributed by atoms with van der Waals surface area (Å²) >= 11 is 0. The molecule has 6 nitrogen and oxygen atoms in total. The number of phenolic OH excluding ortho intramolecular Hbond substituents is 1. The van der Waals surface area contributed by atoms with Crippen LogP contribution in [0.4, 0.5) is 5.69 Å². The Hall–Kier alpha value is -2.77. The van der Waals surface area contributed by atoms with Crippen LogP contribution in [0.5, 0.6) is 11.5 Å². The molecule has 7 heteroatoms. The molecule has 2 N–H and O–H groups in total. The van der Waals surface area contributed by atoms with Gasteiger partial charge < -0.3 is 20.1 Å². The van der Waals surface area contributed by atoms with Crippen LogP contribution in [-0.2, 0) is 9.84 Å². The number of methoxy groups -OCH3 is 1. The Morgan fingerprint density at radius 3 is 2.43 bits per heavy atom. The molecular weight excluding hydrogens is 376 g/mol. The fourth-order valence-corrected chi connectivity index (χ4v) is 5.09. The number of hydrogen-bond donors (Lipinski definition) is 2. The van der Waals surface area contributed by atoms with E-state index in [0.717, 1.165) is 31.9 Å². The van der Waals surface area contributed by atoms with Crippen molar-refractivity contribution in [1.82, 2.24) is 5.32 Å². The van der Waals surface area contributed by atoms with Crippen LogP contribution in [0.25, 0.3) is 10.8 Å². The van der Waals surface area contributed by atoms with Crippen molar-refractivity contribution < 1.29 is 18.3 Å². The molecule has 3 aromatic rings. The fraction of sp³-hybridized carbons (Fsp3) is 0.238. The second-order valence-corrected chi connectivity index (χ2v) is 8.62. The maximum Gasteiger partial charge on any atom is 0.207 e. The molecular formula is C21H22N2O4S. The average Bonchev–Trinajstić information content (AvgIpc) is 2.74. The standard InChI is InChI=1S/C21H22N2O4S/c1-27-20-8-6-15(14-18(20)23-12-10-22-11-13-23)28(25,26)21-9-7-19(24)16-4-2-3-5-17(16)21/h2-9,14,22,24H,10-13H2,1H3. The van der Waals surface area contributed by atoms with Gasteiger partial charge in [0, 0.05) is 37.0 Å². The number of hydrogen-bond acceptors (Lipinski definition) is 6. The number of rotatable bonds is 4. The Morgan fingerprint density at radius 1 is 1.00 bits per heavy atom. The van der Waals surface area contributed by atoms with Gasteiger partial charge >= 0.3 is 0 Å². The summed E-state index contributed by atoms with van der Waals surface area (Å²) in [6.45, 7) is 3.23. The lowest BCUT2D eigenvalue weighted by molar-refractivity contribution is 0.412. The largest absolute Gasteiger partial charge is 0.507 e. The van der Waals surface area contributed by atoms with E-state index in [2.05, 4.69) is 10.2 Å². The highest BCUT2D eigenvalue weighted by Gasteiger charge is 2.24. The fourth-order valence-electron chi connectivity index (χ4n) is 3.61. The quantitative estimate of drug-likeness (QED) is 0.704. The molecule has 1 aliphatic heterocycles. The Morgan fingerprint density at radius 2 is 1.71 bits per heavy atom. The third-order valence-electron chi connectivity index (χ3n) is 5.07. The van der Waals surface area contributed by atoms with Crippen LogP contribution in [0.15, 0.2) is 64.4 Å². The highest BCUT2D eigenvalue weighted by molar-refractivity contribution is 7.91. The smallest absolute Gasteiger partial charge is 0.207 e. The summed E-state index contributed by atoms with van der Waals surface area (Å²) in [5.41, 5.74) is 0.771. The number of nitrogens with one attached hydrogen (secondary N) is 1. The first-order valence-electron chi connectivity index (χ1n) is 9.12. The Balaban J connectivity index is 1.86. The SMILES string of the molecule is COc1ccc(S(=O)(=O)c2ccc(O)c3ccccc23)cc1N1CCNCC1. The van der Waals surface area contributed by atoms with E-state index in [-0.39, 0.29) is 15.5 Å². The summed E-state index contributed by atoms with van der Waals surface area (Å²) < 4.78 is 32.3. The van der Waals surface area contributed by atoms with E-state index >= 15 is 0 Å². The van der Waals surface area contributed by atoms with E-state index in [0.29, 0.717) is 16.5 Å². The zero-order valence-corrected chi connectivity index (χ0v) is 16.4. The van der Waals surface area contributed by atoms with Gasteiger partial charge in [0.2, 0.25) is 9.84 Å². The lowest BCUT2D eigenvalue weighted by Crippen LogP contribution is -2.43. The van der Waals surface area contributed by atoms with Gasteiger partial charge in [-0.1, -0.05) is 24.3 Å². The van der Waals surface area contributed by atoms with Crippen LogP contribution in [0.1, 0.15) is 0 Å². The first-order chi connectivity index (χ1) is 13.5. The molecule has 1 saturated heterocycles. The van der Waals surface area contributed by atoms with Gasteiger partial charge in [0.25, 0.3) is 0 Å². The molecule has 0 atom stereocenters. The van der Waals surface area contributed by atoms with Gasteiger partial charge in [-0.15, -0.1) is 0 Å². The highest BCUT2D eigenvalue weighted by Crippen LogP contribution is 2.36. The van der Waals surface area contributed by atoms with Crippen LogP contribution in [0, 0.1) is 0 Å². The summed E-state index contributed by atoms with van der Waals surface area (Å²) in [4.78, 5) is 2.51. The van der Waals surface area contributed by atoms with Gasteiger partial charge in [-0.25, -0.2) is 8.42 Å². The van der Waals surface area contributed by atoms with E-state index in [4.69, 9.17) is 4.74 Å². The summed E-state index contributed by atoms with van der Waals surface area (Å²) in [6, 6.07) is 14.8. The van der Waals surface area contributed by atoms with Gasteiger partial charge in [0.1, 0.15) is 11.5 Å². The third-order valence-corrected chi connectivity index (χ3v) is 6.88. The molecule has 1 aliphatic rings. The molecule has 0 radical (unpaired) electrons. The van der Waals surface area contributed by atoms with E-state index in [9.17, 15) is 13.5 Å². The third kappa shape index (κ3) is 3.16. The summed E-state index contributed by atoms with van der Waals surface area (Å²) in [6.07, 6.45) is 0. The molecule has 0 amide bonds. The number of phenols is 1. The molecule has 146 valence electrons. The first kappa shape index (κ1) is 18.6. The predicted molar refractivity (Wildman–Crippen MR) is 109 cm³/mol. The summed E-state index contributed by atoms with van der Waals surface area (Å²) in [5.74, 6) is 0.710. The zero-order valence-electron chi connectivity index (χ0n) is 15.6. The van der Waals surface area contributed by atoms with Gasteiger partial charge in [0.15, 0.2) is 0 Å². The number of benzene rings is 3. The average molecular weight is 398 g/mol. The number of sulfone groups is 1. The molecule has 1 fully saturated rings. The zero-order chi connectivity index (χ0) is 19.7. The van der Waals surface area contributed by atoms with E-state index in [1.165, 1.54) is 12.1 Å². The highest BCUT2D eigenvalue weighted by atomic mass is 32.2. The number of fused-ring (bicyclic) bond motifs is 1. The number of ether oxygens (including phenoxy) is 1. The second-order valence-electron chi connectivity index (χ2n) is 6.70. The maximum atomic E-state index is 13.4. The minimum atomic E-state index is -3.78. The second kappa shape index (κ2) is 7.33. The Kier molecular flexibility index (Phi) is 4.87. The van der Waals surface area contributed by atoms with Crippen LogP contribution in [-0.4, -0.2) is 46.8 Å². The van der Waals surface area contributed by atoms with Crippen molar-refractivity contribution in [3.63, 3.8) is 0 Å². The normalized spacial score (nSPS) is 15.0. The van der Waals surface area contributed by atoms with Crippen molar-refractivity contribution in [1.29, 1.82) is 0 Å². The van der Waals surface area contributed by atoms with Crippen molar-refractivity contribution >= 4 is 26.3 Å². The molecule has 3 aromatic carbocycles. The van der Waals surface area contributed by atoms with Crippen LogP contribution in [0.2, 0.25) is 0 Å². The van der Waals surface area contributed by atoms with E-state index in [1.54, 1.807) is 49.6 Å². The van der Waals surface area contributed by atoms with E-state index in [1.807, 2.05) is 0 Å². The van der Waals surface area contributed by atoms with E-state index < -0.39 is 9.84 Å². The van der Waals surface area contributed by atoms with Crippen molar-refractivity contribution in [3.8, 4) is 11.5 Å². The van der Waals surface area contributed by atoms with Gasteiger partial charge in [-0.2, -0.15) is 0 Å².